The van der Waals surface area contributed by atoms with Crippen molar-refractivity contribution in [1.82, 2.24) is 20.7 Å². The maximum Gasteiger partial charge on any atom is 0.427 e. The third-order valence-electron chi connectivity index (χ3n) is 7.67. The number of hydroxylamine groups is 1. The summed E-state index contributed by atoms with van der Waals surface area (Å²) in [4.78, 5) is 23.0. The molecule has 0 radical (unpaired) electrons. The number of hydrogen-bond acceptors (Lipinski definition) is 8. The Morgan fingerprint density at radius 3 is 2.75 bits per heavy atom. The molecule has 1 amide bonds. The van der Waals surface area contributed by atoms with Crippen LogP contribution < -0.4 is 20.3 Å². The van der Waals surface area contributed by atoms with Gasteiger partial charge in [0.2, 0.25) is 5.88 Å². The number of aliphatic hydroxyl groups is 1. The number of carbonyl (C=O) groups is 1. The Bertz CT molecular complexity index is 1410. The zero-order chi connectivity index (χ0) is 27.5. The first kappa shape index (κ1) is 26.6. The van der Waals surface area contributed by atoms with Crippen LogP contribution in [0.5, 0.6) is 17.4 Å². The minimum atomic E-state index is -0.814. The van der Waals surface area contributed by atoms with Crippen LogP contribution in [0, 0.1) is 0 Å². The molecular weight excluding hydrogens is 532 g/mol. The van der Waals surface area contributed by atoms with E-state index in [4.69, 9.17) is 25.9 Å². The molecule has 40 heavy (non-hydrogen) atoms. The molecule has 2 saturated heterocycles. The molecule has 1 atom stereocenters. The van der Waals surface area contributed by atoms with Gasteiger partial charge in [0.15, 0.2) is 6.17 Å². The first-order valence-electron chi connectivity index (χ1n) is 13.5. The highest BCUT2D eigenvalue weighted by atomic mass is 35.5. The fourth-order valence-electron chi connectivity index (χ4n) is 5.43. The summed E-state index contributed by atoms with van der Waals surface area (Å²) in [5, 5.41) is 14.5. The van der Waals surface area contributed by atoms with Gasteiger partial charge in [-0.3, -0.25) is 5.32 Å². The number of nitrogens with zero attached hydrogens (tertiary/aromatic N) is 2. The second-order valence-corrected chi connectivity index (χ2v) is 10.7. The number of amides is 1. The van der Waals surface area contributed by atoms with Gasteiger partial charge in [-0.2, -0.15) is 0 Å². The van der Waals surface area contributed by atoms with Crippen molar-refractivity contribution in [3.8, 4) is 17.4 Å². The fourth-order valence-corrected chi connectivity index (χ4v) is 5.56. The van der Waals surface area contributed by atoms with Gasteiger partial charge in [-0.1, -0.05) is 35.9 Å². The maximum atomic E-state index is 11.3. The van der Waals surface area contributed by atoms with Gasteiger partial charge in [0.05, 0.1) is 5.60 Å². The molecule has 1 unspecified atom stereocenters. The summed E-state index contributed by atoms with van der Waals surface area (Å²) in [6, 6.07) is 17.2. The Kier molecular flexibility index (Phi) is 7.62. The highest BCUT2D eigenvalue weighted by molar-refractivity contribution is 6.30. The lowest BCUT2D eigenvalue weighted by Gasteiger charge is -2.38. The molecule has 0 aliphatic carbocycles. The number of allylic oxidation sites excluding steroid dienone is 1. The summed E-state index contributed by atoms with van der Waals surface area (Å²) < 4.78 is 12.3. The van der Waals surface area contributed by atoms with E-state index < -0.39 is 17.9 Å². The van der Waals surface area contributed by atoms with Gasteiger partial charge in [-0.25, -0.2) is 9.78 Å². The van der Waals surface area contributed by atoms with Crippen molar-refractivity contribution in [2.75, 3.05) is 26.2 Å². The molecule has 3 aliphatic heterocycles. The summed E-state index contributed by atoms with van der Waals surface area (Å²) in [7, 11) is 0. The fraction of sp³-hybridized carbons (Fsp3) is 0.333. The lowest BCUT2D eigenvalue weighted by atomic mass is 9.84. The van der Waals surface area contributed by atoms with Gasteiger partial charge in [-0.05, 0) is 66.8 Å². The molecule has 208 valence electrons. The zero-order valence-electron chi connectivity index (χ0n) is 21.9. The number of nitrogens with one attached hydrogen (secondary N) is 2. The van der Waals surface area contributed by atoms with E-state index in [1.165, 1.54) is 0 Å². The van der Waals surface area contributed by atoms with Gasteiger partial charge in [0.1, 0.15) is 18.1 Å². The number of benzene rings is 2. The topological polar surface area (TPSA) is 105 Å². The van der Waals surface area contributed by atoms with E-state index in [1.807, 2.05) is 54.6 Å². The molecule has 0 saturated carbocycles. The number of fused-ring (bicyclic) bond motifs is 2. The SMILES string of the molecule is O=C1NC(COc2cccc3c2C/C(=C/CCN2CCC(O)(c4ccc(Cl)cc4)CC2)c2cccnc2O3)NO1. The molecule has 10 heteroatoms. The lowest BCUT2D eigenvalue weighted by molar-refractivity contribution is -0.0254. The Morgan fingerprint density at radius 1 is 1.15 bits per heavy atom. The van der Waals surface area contributed by atoms with E-state index >= 15 is 0 Å². The summed E-state index contributed by atoms with van der Waals surface area (Å²) in [5.41, 5.74) is 5.71. The maximum absolute atomic E-state index is 11.3. The highest BCUT2D eigenvalue weighted by Gasteiger charge is 2.33. The average Bonchev–Trinajstić information content (AvgIpc) is 3.31. The summed E-state index contributed by atoms with van der Waals surface area (Å²) in [6.07, 6.45) is 5.83. The number of rotatable bonds is 7. The van der Waals surface area contributed by atoms with Crippen molar-refractivity contribution in [3.05, 3.63) is 88.6 Å². The minimum Gasteiger partial charge on any atom is -0.489 e. The largest absolute Gasteiger partial charge is 0.489 e. The van der Waals surface area contributed by atoms with Gasteiger partial charge >= 0.3 is 6.09 Å². The second kappa shape index (κ2) is 11.5. The van der Waals surface area contributed by atoms with E-state index in [9.17, 15) is 9.90 Å². The Labute approximate surface area is 237 Å². The Hall–Kier alpha value is -3.63. The van der Waals surface area contributed by atoms with Crippen LogP contribution in [-0.4, -0.2) is 53.5 Å². The highest BCUT2D eigenvalue weighted by Crippen LogP contribution is 2.41. The van der Waals surface area contributed by atoms with Gasteiger partial charge in [-0.15, -0.1) is 5.48 Å². The number of ether oxygens (including phenoxy) is 2. The van der Waals surface area contributed by atoms with Gasteiger partial charge < -0.3 is 24.3 Å². The molecule has 2 aromatic carbocycles. The molecule has 0 bridgehead atoms. The lowest BCUT2D eigenvalue weighted by Crippen LogP contribution is -2.42. The van der Waals surface area contributed by atoms with Crippen molar-refractivity contribution < 1.29 is 24.2 Å². The molecule has 3 aliphatic rings. The normalized spacial score (nSPS) is 21.0. The van der Waals surface area contributed by atoms with E-state index in [0.717, 1.165) is 48.3 Å². The quantitative estimate of drug-likeness (QED) is 0.377. The predicted molar refractivity (Wildman–Crippen MR) is 150 cm³/mol. The van der Waals surface area contributed by atoms with E-state index in [-0.39, 0.29) is 6.61 Å². The number of carbonyl (C=O) groups excluding carboxylic acids is 1. The first-order valence-corrected chi connectivity index (χ1v) is 13.9. The van der Waals surface area contributed by atoms with Crippen LogP contribution in [0.4, 0.5) is 4.79 Å². The smallest absolute Gasteiger partial charge is 0.427 e. The van der Waals surface area contributed by atoms with E-state index in [2.05, 4.69) is 26.8 Å². The predicted octanol–water partition coefficient (Wildman–Crippen LogP) is 4.79. The molecule has 2 fully saturated rings. The van der Waals surface area contributed by atoms with Crippen LogP contribution in [0.15, 0.2) is 66.9 Å². The number of likely N-dealkylation sites (tertiary alicyclic amines) is 1. The average molecular weight is 563 g/mol. The van der Waals surface area contributed by atoms with Crippen LogP contribution >= 0.6 is 11.6 Å². The van der Waals surface area contributed by atoms with Crippen LogP contribution in [0.25, 0.3) is 5.57 Å². The summed E-state index contributed by atoms with van der Waals surface area (Å²) in [5.74, 6) is 1.93. The molecule has 6 rings (SSSR count). The van der Waals surface area contributed by atoms with Crippen LogP contribution in [0.2, 0.25) is 5.02 Å². The second-order valence-electron chi connectivity index (χ2n) is 10.3. The van der Waals surface area contributed by atoms with Crippen LogP contribution in [0.3, 0.4) is 0 Å². The zero-order valence-corrected chi connectivity index (χ0v) is 22.7. The molecule has 3 N–H and O–H groups in total. The molecule has 3 aromatic rings. The van der Waals surface area contributed by atoms with Crippen molar-refractivity contribution >= 4 is 23.3 Å². The standard InChI is InChI=1S/C30H31ClN4O5/c31-22-10-8-21(9-11-22)30(37)12-16-35(17-13-30)15-3-4-20-18-24-25(38-19-27-33-29(36)40-34-27)6-1-7-26(24)39-28-23(20)5-2-14-32-28/h1-2,4-11,14,27,34,37H,3,12-13,15-19H2,(H,33,36)/b20-4-. The van der Waals surface area contributed by atoms with Crippen LogP contribution in [-0.2, 0) is 16.9 Å². The van der Waals surface area contributed by atoms with Gasteiger partial charge in [0.25, 0.3) is 0 Å². The van der Waals surface area contributed by atoms with Crippen molar-refractivity contribution in [3.63, 3.8) is 0 Å². The van der Waals surface area contributed by atoms with E-state index in [1.54, 1.807) is 6.20 Å². The third-order valence-corrected chi connectivity index (χ3v) is 7.93. The first-order chi connectivity index (χ1) is 19.5. The van der Waals surface area contributed by atoms with Crippen molar-refractivity contribution in [1.29, 1.82) is 0 Å². The number of pyridine rings is 1. The summed E-state index contributed by atoms with van der Waals surface area (Å²) >= 11 is 6.03. The third kappa shape index (κ3) is 5.78. The van der Waals surface area contributed by atoms with Crippen LogP contribution in [0.1, 0.15) is 36.0 Å². The van der Waals surface area contributed by atoms with E-state index in [0.29, 0.717) is 41.7 Å². The Morgan fingerprint density at radius 2 is 1.98 bits per heavy atom. The summed E-state index contributed by atoms with van der Waals surface area (Å²) in [6.45, 7) is 2.72. The number of halogens is 1. The monoisotopic (exact) mass is 562 g/mol. The Balaban J connectivity index is 1.14. The molecule has 1 aromatic heterocycles. The minimum absolute atomic E-state index is 0.198. The molecular formula is C30H31ClN4O5. The molecule has 4 heterocycles. The molecule has 9 nitrogen and oxygen atoms in total. The van der Waals surface area contributed by atoms with Crippen molar-refractivity contribution in [2.24, 2.45) is 0 Å². The van der Waals surface area contributed by atoms with Crippen molar-refractivity contribution in [2.45, 2.75) is 37.5 Å². The number of piperidine rings is 1. The molecule has 0 spiro atoms. The number of aromatic nitrogens is 1. The van der Waals surface area contributed by atoms with Gasteiger partial charge in [0, 0.05) is 48.4 Å². The number of hydrogen-bond donors (Lipinski definition) is 3.